The molecule has 0 radical (unpaired) electrons. The average Bonchev–Trinajstić information content (AvgIpc) is 3.09. The van der Waals surface area contributed by atoms with E-state index in [1.54, 1.807) is 24.3 Å². The molecule has 6 heteroatoms. The van der Waals surface area contributed by atoms with Crippen molar-refractivity contribution in [1.29, 1.82) is 0 Å². The fraction of sp³-hybridized carbons (Fsp3) is 0.200. The van der Waals surface area contributed by atoms with Gasteiger partial charge in [-0.25, -0.2) is 4.79 Å². The maximum absolute atomic E-state index is 11.9. The predicted molar refractivity (Wildman–Crippen MR) is 62.9 cm³/mol. The van der Waals surface area contributed by atoms with Crippen LogP contribution in [-0.4, -0.2) is 28.0 Å². The molecule has 1 heterocycles. The van der Waals surface area contributed by atoms with Crippen LogP contribution < -0.4 is 4.74 Å². The molecule has 1 saturated heterocycles. The van der Waals surface area contributed by atoms with Crippen LogP contribution in [0.2, 0.25) is 0 Å². The smallest absolute Gasteiger partial charge is 0.340 e. The normalized spacial score (nSPS) is 16.6. The second-order valence-corrected chi connectivity index (χ2v) is 5.96. The van der Waals surface area contributed by atoms with Gasteiger partial charge < -0.3 is 9.84 Å². The van der Waals surface area contributed by atoms with E-state index in [-0.39, 0.29) is 5.78 Å². The molecular weight excluding hydrogens is 248 g/mol. The predicted octanol–water partition coefficient (Wildman–Crippen LogP) is 2.05. The van der Waals surface area contributed by atoms with Crippen molar-refractivity contribution in [3.05, 3.63) is 29.8 Å². The van der Waals surface area contributed by atoms with Gasteiger partial charge in [-0.3, -0.25) is 4.79 Å². The second-order valence-electron chi connectivity index (χ2n) is 3.15. The van der Waals surface area contributed by atoms with Crippen LogP contribution in [0, 0.1) is 0 Å². The van der Waals surface area contributed by atoms with Crippen LogP contribution in [0.1, 0.15) is 10.4 Å². The van der Waals surface area contributed by atoms with E-state index < -0.39 is 10.0 Å². The highest BCUT2D eigenvalue weighted by Gasteiger charge is 2.60. The number of rotatable bonds is 4. The van der Waals surface area contributed by atoms with E-state index in [4.69, 9.17) is 9.84 Å². The molecule has 84 valence electrons. The molecule has 16 heavy (non-hydrogen) atoms. The Hall–Kier alpha value is -1.14. The molecule has 0 spiro atoms. The number of ether oxygens (including phenoxy) is 1. The Morgan fingerprint density at radius 3 is 2.19 bits per heavy atom. The van der Waals surface area contributed by atoms with Gasteiger partial charge in [0.05, 0.1) is 7.11 Å². The third-order valence-electron chi connectivity index (χ3n) is 2.18. The summed E-state index contributed by atoms with van der Waals surface area (Å²) in [6, 6.07) is 6.43. The topological polar surface area (TPSA) is 63.6 Å². The number of carbonyl (C=O) groups is 2. The lowest BCUT2D eigenvalue weighted by molar-refractivity contribution is -0.135. The number of hydrogen-bond acceptors (Lipinski definition) is 5. The number of benzene rings is 1. The number of carboxylic acid groups (broad SMARTS) is 1. The van der Waals surface area contributed by atoms with Crippen LogP contribution in [0.25, 0.3) is 0 Å². The number of hydrogen-bond donors (Lipinski definition) is 1. The zero-order chi connectivity index (χ0) is 11.8. The lowest BCUT2D eigenvalue weighted by atomic mass is 10.1. The van der Waals surface area contributed by atoms with Gasteiger partial charge >= 0.3 is 5.97 Å². The lowest BCUT2D eigenvalue weighted by Crippen LogP contribution is -2.29. The summed E-state index contributed by atoms with van der Waals surface area (Å²) >= 11 is 0. The van der Waals surface area contributed by atoms with Gasteiger partial charge in [0.25, 0.3) is 0 Å². The molecule has 1 aliphatic heterocycles. The quantitative estimate of drug-likeness (QED) is 0.385. The molecule has 0 unspecified atom stereocenters. The summed E-state index contributed by atoms with van der Waals surface area (Å²) in [7, 11) is 3.68. The number of methoxy groups -OCH3 is 1. The van der Waals surface area contributed by atoms with Crippen LogP contribution in [0.4, 0.5) is 0 Å². The molecule has 1 aliphatic rings. The third-order valence-corrected chi connectivity index (χ3v) is 4.90. The first-order valence-electron chi connectivity index (χ1n) is 4.39. The van der Waals surface area contributed by atoms with Gasteiger partial charge in [0.15, 0.2) is 0 Å². The van der Waals surface area contributed by atoms with Crippen molar-refractivity contribution < 1.29 is 19.4 Å². The molecule has 0 atom stereocenters. The van der Waals surface area contributed by atoms with Crippen molar-refractivity contribution >= 4 is 33.3 Å². The maximum Gasteiger partial charge on any atom is 0.340 e. The Labute approximate surface area is 99.8 Å². The Bertz CT molecular complexity index is 437. The Morgan fingerprint density at radius 1 is 1.25 bits per heavy atom. The van der Waals surface area contributed by atoms with Crippen molar-refractivity contribution in [3.8, 4) is 5.75 Å². The summed E-state index contributed by atoms with van der Waals surface area (Å²) in [6.07, 6.45) is 0. The first-order chi connectivity index (χ1) is 7.60. The van der Waals surface area contributed by atoms with Crippen molar-refractivity contribution in [2.24, 2.45) is 0 Å². The SMILES string of the molecule is COc1ccc(C(=O)C2(C(=O)O)SS2)cc1. The monoisotopic (exact) mass is 256 g/mol. The standard InChI is InChI=1S/C10H8O4S2/c1-14-7-4-2-6(3-5-7)8(11)10(9(12)13)15-16-10/h2-5H,1H3,(H,12,13). The van der Waals surface area contributed by atoms with Gasteiger partial charge in [-0.1, -0.05) is 21.6 Å². The molecule has 2 rings (SSSR count). The van der Waals surface area contributed by atoms with Crippen LogP contribution in [0.15, 0.2) is 24.3 Å². The Balaban J connectivity index is 2.25. The minimum atomic E-state index is -1.32. The van der Waals surface area contributed by atoms with Crippen molar-refractivity contribution in [1.82, 2.24) is 0 Å². The first kappa shape index (κ1) is 11.3. The summed E-state index contributed by atoms with van der Waals surface area (Å²) in [5, 5.41) is 8.95. The minimum absolute atomic E-state index is 0.377. The van der Waals surface area contributed by atoms with Gasteiger partial charge in [0.1, 0.15) is 5.75 Å². The largest absolute Gasteiger partial charge is 0.497 e. The minimum Gasteiger partial charge on any atom is -0.497 e. The van der Waals surface area contributed by atoms with Crippen LogP contribution in [0.3, 0.4) is 0 Å². The number of carbonyl (C=O) groups excluding carboxylic acids is 1. The van der Waals surface area contributed by atoms with Crippen molar-refractivity contribution in [2.45, 2.75) is 4.08 Å². The molecule has 0 bridgehead atoms. The van der Waals surface area contributed by atoms with Crippen LogP contribution >= 0.6 is 21.6 Å². The van der Waals surface area contributed by atoms with E-state index >= 15 is 0 Å². The highest BCUT2D eigenvalue weighted by molar-refractivity contribution is 8.94. The molecule has 0 aliphatic carbocycles. The summed E-state index contributed by atoms with van der Waals surface area (Å²) < 4.78 is 3.63. The average molecular weight is 256 g/mol. The van der Waals surface area contributed by atoms with Crippen LogP contribution in [-0.2, 0) is 4.79 Å². The van der Waals surface area contributed by atoms with E-state index in [0.29, 0.717) is 11.3 Å². The number of carboxylic acids is 1. The molecule has 0 amide bonds. The molecule has 1 aromatic rings. The van der Waals surface area contributed by atoms with Gasteiger partial charge in [-0.15, -0.1) is 0 Å². The maximum atomic E-state index is 11.9. The number of aliphatic carboxylic acids is 1. The fourth-order valence-electron chi connectivity index (χ4n) is 1.22. The first-order valence-corrected chi connectivity index (χ1v) is 6.54. The second kappa shape index (κ2) is 4.03. The summed E-state index contributed by atoms with van der Waals surface area (Å²) in [5.41, 5.74) is 0.390. The van der Waals surface area contributed by atoms with Gasteiger partial charge in [-0.2, -0.15) is 0 Å². The van der Waals surface area contributed by atoms with Crippen LogP contribution in [0.5, 0.6) is 5.75 Å². The summed E-state index contributed by atoms with van der Waals surface area (Å²) in [5.74, 6) is -0.835. The van der Waals surface area contributed by atoms with E-state index in [1.807, 2.05) is 0 Å². The number of Topliss-reactive ketones (excluding diaryl/α,β-unsaturated/α-hetero) is 1. The summed E-state index contributed by atoms with van der Waals surface area (Å²) in [6.45, 7) is 0. The lowest BCUT2D eigenvalue weighted by Gasteiger charge is -2.06. The van der Waals surface area contributed by atoms with Crippen molar-refractivity contribution in [3.63, 3.8) is 0 Å². The Morgan fingerprint density at radius 2 is 1.81 bits per heavy atom. The third kappa shape index (κ3) is 1.78. The van der Waals surface area contributed by atoms with E-state index in [1.165, 1.54) is 7.11 Å². The zero-order valence-electron chi connectivity index (χ0n) is 8.30. The number of ketones is 1. The molecule has 0 aromatic heterocycles. The molecule has 1 aromatic carbocycles. The van der Waals surface area contributed by atoms with E-state index in [9.17, 15) is 9.59 Å². The highest BCUT2D eigenvalue weighted by Crippen LogP contribution is 2.66. The highest BCUT2D eigenvalue weighted by atomic mass is 33.2. The van der Waals surface area contributed by atoms with Crippen molar-refractivity contribution in [2.75, 3.05) is 7.11 Å². The van der Waals surface area contributed by atoms with E-state index in [0.717, 1.165) is 21.6 Å². The van der Waals surface area contributed by atoms with E-state index in [2.05, 4.69) is 0 Å². The molecule has 4 nitrogen and oxygen atoms in total. The summed E-state index contributed by atoms with van der Waals surface area (Å²) in [4.78, 5) is 22.8. The molecule has 1 fully saturated rings. The zero-order valence-corrected chi connectivity index (χ0v) is 9.93. The molecule has 0 saturated carbocycles. The van der Waals surface area contributed by atoms with Gasteiger partial charge in [0, 0.05) is 5.56 Å². The fourth-order valence-corrected chi connectivity index (χ4v) is 2.96. The Kier molecular flexibility index (Phi) is 2.86. The van der Waals surface area contributed by atoms with Gasteiger partial charge in [0.2, 0.25) is 9.86 Å². The molecule has 1 N–H and O–H groups in total. The molecular formula is C10H8O4S2. The van der Waals surface area contributed by atoms with Gasteiger partial charge in [-0.05, 0) is 24.3 Å².